The van der Waals surface area contributed by atoms with Gasteiger partial charge in [0.25, 0.3) is 11.8 Å². The average molecular weight is 421 g/mol. The number of nitrogens with one attached hydrogen (secondary N) is 2. The van der Waals surface area contributed by atoms with Crippen molar-refractivity contribution < 1.29 is 19.1 Å². The van der Waals surface area contributed by atoms with Gasteiger partial charge in [0.15, 0.2) is 6.61 Å². The number of carbonyl (C=O) groups is 2. The molecule has 0 heterocycles. The lowest BCUT2D eigenvalue weighted by molar-refractivity contribution is -0.123. The standard InChI is InChI=1S/C19H21BrN2O4/c1-2-25-16-7-9-17(10-8-16)26-13-18(23)21-11-12-22-19(24)14-3-5-15(20)6-4-14/h3-10H,2,11-13H2,1H3,(H,21,23)(H,22,24). The van der Waals surface area contributed by atoms with Crippen molar-refractivity contribution in [1.82, 2.24) is 10.6 Å². The van der Waals surface area contributed by atoms with Gasteiger partial charge in [0.1, 0.15) is 11.5 Å². The van der Waals surface area contributed by atoms with Gasteiger partial charge in [-0.25, -0.2) is 0 Å². The summed E-state index contributed by atoms with van der Waals surface area (Å²) in [7, 11) is 0. The van der Waals surface area contributed by atoms with E-state index in [9.17, 15) is 9.59 Å². The molecule has 0 aliphatic heterocycles. The van der Waals surface area contributed by atoms with Crippen LogP contribution in [0.25, 0.3) is 0 Å². The van der Waals surface area contributed by atoms with Gasteiger partial charge < -0.3 is 20.1 Å². The summed E-state index contributed by atoms with van der Waals surface area (Å²) in [6.45, 7) is 3.09. The van der Waals surface area contributed by atoms with Gasteiger partial charge in [0, 0.05) is 23.1 Å². The van der Waals surface area contributed by atoms with Crippen LogP contribution in [0.15, 0.2) is 53.0 Å². The molecule has 0 bridgehead atoms. The van der Waals surface area contributed by atoms with Gasteiger partial charge in [-0.3, -0.25) is 9.59 Å². The molecular formula is C19H21BrN2O4. The predicted molar refractivity (Wildman–Crippen MR) is 103 cm³/mol. The number of hydrogen-bond donors (Lipinski definition) is 2. The fraction of sp³-hybridized carbons (Fsp3) is 0.263. The lowest BCUT2D eigenvalue weighted by Gasteiger charge is -2.09. The molecule has 138 valence electrons. The molecule has 0 spiro atoms. The Balaban J connectivity index is 1.62. The molecule has 2 N–H and O–H groups in total. The Kier molecular flexibility index (Phi) is 7.95. The Bertz CT molecular complexity index is 717. The number of halogens is 1. The van der Waals surface area contributed by atoms with Crippen molar-refractivity contribution >= 4 is 27.7 Å². The van der Waals surface area contributed by atoms with Crippen LogP contribution in [0, 0.1) is 0 Å². The summed E-state index contributed by atoms with van der Waals surface area (Å²) < 4.78 is 11.6. The smallest absolute Gasteiger partial charge is 0.258 e. The van der Waals surface area contributed by atoms with Crippen molar-refractivity contribution in [2.24, 2.45) is 0 Å². The monoisotopic (exact) mass is 420 g/mol. The van der Waals surface area contributed by atoms with E-state index in [-0.39, 0.29) is 18.4 Å². The molecule has 0 saturated carbocycles. The number of hydrogen-bond acceptors (Lipinski definition) is 4. The van der Waals surface area contributed by atoms with Crippen molar-refractivity contribution in [3.63, 3.8) is 0 Å². The van der Waals surface area contributed by atoms with Crippen LogP contribution in [0.4, 0.5) is 0 Å². The van der Waals surface area contributed by atoms with Gasteiger partial charge in [-0.05, 0) is 55.5 Å². The number of ether oxygens (including phenoxy) is 2. The Morgan fingerprint density at radius 2 is 1.46 bits per heavy atom. The first-order valence-electron chi connectivity index (χ1n) is 8.24. The Labute approximate surface area is 161 Å². The van der Waals surface area contributed by atoms with Gasteiger partial charge in [-0.2, -0.15) is 0 Å². The number of rotatable bonds is 9. The van der Waals surface area contributed by atoms with E-state index in [1.165, 1.54) is 0 Å². The molecule has 2 amide bonds. The van der Waals surface area contributed by atoms with Crippen LogP contribution in [-0.2, 0) is 4.79 Å². The minimum Gasteiger partial charge on any atom is -0.494 e. The molecular weight excluding hydrogens is 400 g/mol. The molecule has 7 heteroatoms. The lowest BCUT2D eigenvalue weighted by Crippen LogP contribution is -2.36. The normalized spacial score (nSPS) is 10.1. The van der Waals surface area contributed by atoms with E-state index in [4.69, 9.17) is 9.47 Å². The fourth-order valence-electron chi connectivity index (χ4n) is 2.08. The molecule has 2 aromatic carbocycles. The average Bonchev–Trinajstić information content (AvgIpc) is 2.65. The van der Waals surface area contributed by atoms with E-state index < -0.39 is 0 Å². The van der Waals surface area contributed by atoms with Gasteiger partial charge >= 0.3 is 0 Å². The second-order valence-corrected chi connectivity index (χ2v) is 6.22. The second-order valence-electron chi connectivity index (χ2n) is 5.31. The number of amides is 2. The van der Waals surface area contributed by atoms with E-state index in [0.717, 1.165) is 10.2 Å². The first kappa shape index (κ1) is 19.8. The van der Waals surface area contributed by atoms with Crippen molar-refractivity contribution in [3.8, 4) is 11.5 Å². The van der Waals surface area contributed by atoms with Gasteiger partial charge in [0.05, 0.1) is 6.61 Å². The molecule has 0 aliphatic carbocycles. The molecule has 0 saturated heterocycles. The van der Waals surface area contributed by atoms with Crippen LogP contribution >= 0.6 is 15.9 Å². The molecule has 2 aromatic rings. The molecule has 0 atom stereocenters. The minimum absolute atomic E-state index is 0.0887. The molecule has 0 fully saturated rings. The van der Waals surface area contributed by atoms with E-state index in [2.05, 4.69) is 26.6 Å². The van der Waals surface area contributed by atoms with E-state index in [1.54, 1.807) is 48.5 Å². The lowest BCUT2D eigenvalue weighted by atomic mass is 10.2. The van der Waals surface area contributed by atoms with Crippen LogP contribution in [0.2, 0.25) is 0 Å². The van der Waals surface area contributed by atoms with E-state index >= 15 is 0 Å². The van der Waals surface area contributed by atoms with Gasteiger partial charge in [-0.1, -0.05) is 15.9 Å². The third kappa shape index (κ3) is 6.76. The van der Waals surface area contributed by atoms with Crippen LogP contribution in [-0.4, -0.2) is 38.1 Å². The summed E-state index contributed by atoms with van der Waals surface area (Å²) in [6.07, 6.45) is 0. The molecule has 26 heavy (non-hydrogen) atoms. The Morgan fingerprint density at radius 1 is 0.885 bits per heavy atom. The third-order valence-electron chi connectivity index (χ3n) is 3.34. The summed E-state index contributed by atoms with van der Waals surface area (Å²) in [5.41, 5.74) is 0.568. The van der Waals surface area contributed by atoms with E-state index in [1.807, 2.05) is 6.92 Å². The SMILES string of the molecule is CCOc1ccc(OCC(=O)NCCNC(=O)c2ccc(Br)cc2)cc1. The maximum Gasteiger partial charge on any atom is 0.258 e. The molecule has 0 unspecified atom stereocenters. The van der Waals surface area contributed by atoms with Crippen LogP contribution in [0.1, 0.15) is 17.3 Å². The molecule has 0 radical (unpaired) electrons. The van der Waals surface area contributed by atoms with Crippen LogP contribution < -0.4 is 20.1 Å². The first-order valence-corrected chi connectivity index (χ1v) is 9.04. The third-order valence-corrected chi connectivity index (χ3v) is 3.87. The number of benzene rings is 2. The zero-order chi connectivity index (χ0) is 18.8. The Hall–Kier alpha value is -2.54. The molecule has 0 aromatic heterocycles. The maximum absolute atomic E-state index is 11.9. The zero-order valence-electron chi connectivity index (χ0n) is 14.5. The highest BCUT2D eigenvalue weighted by molar-refractivity contribution is 9.10. The summed E-state index contributed by atoms with van der Waals surface area (Å²) in [5.74, 6) is 0.909. The van der Waals surface area contributed by atoms with Crippen LogP contribution in [0.5, 0.6) is 11.5 Å². The largest absolute Gasteiger partial charge is 0.494 e. The zero-order valence-corrected chi connectivity index (χ0v) is 16.0. The summed E-state index contributed by atoms with van der Waals surface area (Å²) in [6, 6.07) is 14.1. The van der Waals surface area contributed by atoms with Gasteiger partial charge in [-0.15, -0.1) is 0 Å². The minimum atomic E-state index is -0.253. The molecule has 2 rings (SSSR count). The van der Waals surface area contributed by atoms with Crippen LogP contribution in [0.3, 0.4) is 0 Å². The highest BCUT2D eigenvalue weighted by Crippen LogP contribution is 2.17. The second kappa shape index (κ2) is 10.5. The highest BCUT2D eigenvalue weighted by atomic mass is 79.9. The molecule has 0 aliphatic rings. The predicted octanol–water partition coefficient (Wildman–Crippen LogP) is 2.77. The Morgan fingerprint density at radius 3 is 2.08 bits per heavy atom. The topological polar surface area (TPSA) is 76.7 Å². The quantitative estimate of drug-likeness (QED) is 0.611. The van der Waals surface area contributed by atoms with E-state index in [0.29, 0.717) is 31.0 Å². The van der Waals surface area contributed by atoms with Crippen molar-refractivity contribution in [1.29, 1.82) is 0 Å². The number of carbonyl (C=O) groups excluding carboxylic acids is 2. The summed E-state index contributed by atoms with van der Waals surface area (Å²) in [5, 5.41) is 5.43. The highest BCUT2D eigenvalue weighted by Gasteiger charge is 2.06. The summed E-state index contributed by atoms with van der Waals surface area (Å²) in [4.78, 5) is 23.7. The first-order chi connectivity index (χ1) is 12.6. The van der Waals surface area contributed by atoms with Crippen molar-refractivity contribution in [2.75, 3.05) is 26.3 Å². The summed E-state index contributed by atoms with van der Waals surface area (Å²) >= 11 is 3.32. The fourth-order valence-corrected chi connectivity index (χ4v) is 2.34. The van der Waals surface area contributed by atoms with Gasteiger partial charge in [0.2, 0.25) is 0 Å². The van der Waals surface area contributed by atoms with Crippen molar-refractivity contribution in [2.45, 2.75) is 6.92 Å². The van der Waals surface area contributed by atoms with Crippen molar-refractivity contribution in [3.05, 3.63) is 58.6 Å². The maximum atomic E-state index is 11.9. The molecule has 6 nitrogen and oxygen atoms in total.